The summed E-state index contributed by atoms with van der Waals surface area (Å²) in [5.41, 5.74) is -0.258. The van der Waals surface area contributed by atoms with Crippen molar-refractivity contribution >= 4 is 33.4 Å². The Hall–Kier alpha value is -4.80. The summed E-state index contributed by atoms with van der Waals surface area (Å²) in [6, 6.07) is 5.44. The fourth-order valence-corrected chi connectivity index (χ4v) is 9.25. The van der Waals surface area contributed by atoms with Crippen molar-refractivity contribution in [3.8, 4) is 41.2 Å². The molecule has 11 nitrogen and oxygen atoms in total. The second-order valence-corrected chi connectivity index (χ2v) is 16.4. The van der Waals surface area contributed by atoms with E-state index >= 15 is 8.78 Å². The van der Waals surface area contributed by atoms with Gasteiger partial charge in [0, 0.05) is 74.1 Å². The van der Waals surface area contributed by atoms with Gasteiger partial charge in [-0.3, -0.25) is 4.79 Å². The number of methoxy groups -OCH3 is 1. The highest BCUT2D eigenvalue weighted by Crippen LogP contribution is 2.51. The Bertz CT molecular complexity index is 2200. The predicted molar refractivity (Wildman–Crippen MR) is 201 cm³/mol. The van der Waals surface area contributed by atoms with E-state index in [0.29, 0.717) is 43.9 Å². The zero-order valence-corrected chi connectivity index (χ0v) is 30.9. The number of carbonyl (C=O) groups is 1. The third-order valence-electron chi connectivity index (χ3n) is 12.3. The van der Waals surface area contributed by atoms with Gasteiger partial charge in [0.05, 0.1) is 19.3 Å². The predicted octanol–water partition coefficient (Wildman–Crippen LogP) is 5.06. The lowest BCUT2D eigenvalue weighted by Gasteiger charge is -2.42. The Kier molecular flexibility index (Phi) is 8.54. The van der Waals surface area contributed by atoms with E-state index in [9.17, 15) is 9.90 Å². The number of aromatic hydroxyl groups is 1. The quantitative estimate of drug-likeness (QED) is 0.210. The highest BCUT2D eigenvalue weighted by atomic mass is 19.1. The fourth-order valence-electron chi connectivity index (χ4n) is 9.25. The first-order chi connectivity index (χ1) is 26.0. The summed E-state index contributed by atoms with van der Waals surface area (Å²) in [4.78, 5) is 36.4. The molecule has 1 amide bonds. The average Bonchev–Trinajstić information content (AvgIpc) is 4.04. The van der Waals surface area contributed by atoms with Crippen LogP contribution in [0.15, 0.2) is 24.3 Å². The van der Waals surface area contributed by atoms with Crippen molar-refractivity contribution in [2.45, 2.75) is 50.6 Å². The summed E-state index contributed by atoms with van der Waals surface area (Å²) in [6.45, 7) is 5.31. The molecule has 5 aliphatic rings. The van der Waals surface area contributed by atoms with Gasteiger partial charge in [0.2, 0.25) is 11.8 Å². The zero-order chi connectivity index (χ0) is 37.5. The number of aromatic nitrogens is 3. The molecule has 1 N–H and O–H groups in total. The molecule has 4 atom stereocenters. The molecule has 54 heavy (non-hydrogen) atoms. The minimum absolute atomic E-state index is 0.00271. The average molecular weight is 738 g/mol. The molecule has 5 fully saturated rings. The van der Waals surface area contributed by atoms with Gasteiger partial charge in [-0.15, -0.1) is 6.42 Å². The topological polar surface area (TPSA) is 107 Å². The van der Waals surface area contributed by atoms with Crippen LogP contribution >= 0.6 is 0 Å². The number of benzene rings is 2. The number of phenolic OH excluding ortho intramolecular Hbond substituents is 1. The highest BCUT2D eigenvalue weighted by Gasteiger charge is 2.51. The number of pyridine rings is 1. The first-order valence-electron chi connectivity index (χ1n) is 19.0. The second kappa shape index (κ2) is 13.2. The van der Waals surface area contributed by atoms with Gasteiger partial charge in [0.15, 0.2) is 5.82 Å². The van der Waals surface area contributed by atoms with Gasteiger partial charge < -0.3 is 34.2 Å². The van der Waals surface area contributed by atoms with E-state index in [2.05, 4.69) is 20.7 Å². The van der Waals surface area contributed by atoms with Gasteiger partial charge in [0.25, 0.3) is 0 Å². The minimum atomic E-state index is -0.809. The van der Waals surface area contributed by atoms with Crippen LogP contribution in [-0.4, -0.2) is 120 Å². The van der Waals surface area contributed by atoms with Crippen LogP contribution in [0, 0.1) is 41.2 Å². The minimum Gasteiger partial charge on any atom is -0.508 e. The van der Waals surface area contributed by atoms with Crippen LogP contribution in [0.2, 0.25) is 0 Å². The molecule has 282 valence electrons. The van der Waals surface area contributed by atoms with Crippen molar-refractivity contribution in [2.75, 3.05) is 72.0 Å². The summed E-state index contributed by atoms with van der Waals surface area (Å²) in [5.74, 6) is 3.05. The summed E-state index contributed by atoms with van der Waals surface area (Å²) in [7, 11) is 5.36. The van der Waals surface area contributed by atoms with E-state index in [1.165, 1.54) is 37.8 Å². The lowest BCUT2D eigenvalue weighted by Crippen LogP contribution is -2.56. The highest BCUT2D eigenvalue weighted by molar-refractivity contribution is 6.04. The zero-order valence-electron chi connectivity index (χ0n) is 30.9. The summed E-state index contributed by atoms with van der Waals surface area (Å²) in [5, 5.41) is 11.6. The van der Waals surface area contributed by atoms with Crippen LogP contribution in [0.25, 0.3) is 32.9 Å². The van der Waals surface area contributed by atoms with E-state index in [1.54, 1.807) is 0 Å². The fraction of sp³-hybridized carbons (Fsp3) is 0.512. The molecule has 4 aromatic rings. The molecule has 5 heterocycles. The number of halogens is 2. The normalized spacial score (nSPS) is 23.9. The number of fused-ring (bicyclic) bond motifs is 5. The number of anilines is 1. The maximum absolute atomic E-state index is 17.3. The molecule has 2 aliphatic carbocycles. The van der Waals surface area contributed by atoms with E-state index in [4.69, 9.17) is 25.9 Å². The number of nitrogens with zero attached hydrogens (tertiary/aromatic N) is 7. The largest absolute Gasteiger partial charge is 0.508 e. The molecule has 0 radical (unpaired) electrons. The van der Waals surface area contributed by atoms with Gasteiger partial charge in [0.1, 0.15) is 34.0 Å². The van der Waals surface area contributed by atoms with Crippen LogP contribution in [0.1, 0.15) is 44.1 Å². The number of piperazine rings is 1. The van der Waals surface area contributed by atoms with Gasteiger partial charge in [-0.2, -0.15) is 9.97 Å². The molecular weight excluding hydrogens is 692 g/mol. The van der Waals surface area contributed by atoms with Crippen LogP contribution < -0.4 is 14.4 Å². The third kappa shape index (κ3) is 6.13. The summed E-state index contributed by atoms with van der Waals surface area (Å²) >= 11 is 0. The molecule has 13 heteroatoms. The van der Waals surface area contributed by atoms with E-state index < -0.39 is 11.6 Å². The van der Waals surface area contributed by atoms with Crippen LogP contribution in [0.3, 0.4) is 0 Å². The maximum Gasteiger partial charge on any atom is 0.319 e. The third-order valence-corrected chi connectivity index (χ3v) is 12.3. The summed E-state index contributed by atoms with van der Waals surface area (Å²) < 4.78 is 44.7. The molecule has 4 unspecified atom stereocenters. The monoisotopic (exact) mass is 737 g/mol. The Balaban J connectivity index is 1.14. The number of carbonyl (C=O) groups excluding carboxylic acids is 1. The number of ether oxygens (including phenoxy) is 2. The summed E-state index contributed by atoms with van der Waals surface area (Å²) in [6.07, 6.45) is 11.3. The molecule has 2 bridgehead atoms. The Morgan fingerprint density at radius 1 is 1.06 bits per heavy atom. The number of piperidine rings is 1. The van der Waals surface area contributed by atoms with Gasteiger partial charge in [-0.25, -0.2) is 13.8 Å². The molecule has 2 saturated carbocycles. The van der Waals surface area contributed by atoms with E-state index in [-0.39, 0.29) is 74.2 Å². The number of likely N-dealkylation sites (tertiary alicyclic amines) is 1. The van der Waals surface area contributed by atoms with Crippen LogP contribution in [-0.2, 0) is 4.79 Å². The number of rotatable bonds is 11. The standard InChI is InChI=1S/C41H45F2N7O4/c1-5-29-31(42)9-6-23-15-28(51)16-30(33(23)29)36-35(43)37-34(39(44-36)53-4)38(49-19-26-7-8-27(20-49)50(26)32(52)10-13-47(2)3)46-40(45-37)54-22-41(11-12-41)21-48-17-24-14-25(24)18-48/h1,6,9,15-16,24-27,51H,7-8,10-14,17-22H2,2-4H3. The molecule has 9 rings (SSSR count). The Morgan fingerprint density at radius 3 is 2.46 bits per heavy atom. The number of hydrogen-bond donors (Lipinski definition) is 1. The van der Waals surface area contributed by atoms with Crippen LogP contribution in [0.4, 0.5) is 14.6 Å². The Morgan fingerprint density at radius 2 is 1.80 bits per heavy atom. The van der Waals surface area contributed by atoms with Crippen molar-refractivity contribution in [2.24, 2.45) is 17.3 Å². The lowest BCUT2D eigenvalue weighted by molar-refractivity contribution is -0.134. The van der Waals surface area contributed by atoms with Crippen molar-refractivity contribution in [1.29, 1.82) is 0 Å². The van der Waals surface area contributed by atoms with Crippen LogP contribution in [0.5, 0.6) is 17.6 Å². The smallest absolute Gasteiger partial charge is 0.319 e. The lowest BCUT2D eigenvalue weighted by atomic mass is 9.95. The second-order valence-electron chi connectivity index (χ2n) is 16.4. The molecule has 3 saturated heterocycles. The van der Waals surface area contributed by atoms with Crippen molar-refractivity contribution in [1.82, 2.24) is 29.7 Å². The van der Waals surface area contributed by atoms with E-state index in [1.807, 2.05) is 23.9 Å². The van der Waals surface area contributed by atoms with Crippen molar-refractivity contribution < 1.29 is 28.2 Å². The van der Waals surface area contributed by atoms with E-state index in [0.717, 1.165) is 57.2 Å². The molecule has 3 aliphatic heterocycles. The first kappa shape index (κ1) is 34.9. The maximum atomic E-state index is 17.3. The number of amides is 1. The van der Waals surface area contributed by atoms with Crippen molar-refractivity contribution in [3.05, 3.63) is 41.5 Å². The molecule has 0 spiro atoms. The van der Waals surface area contributed by atoms with Gasteiger partial charge in [-0.05, 0) is 81.6 Å². The Labute approximate surface area is 313 Å². The first-order valence-corrected chi connectivity index (χ1v) is 19.0. The molecular formula is C41H45F2N7O4. The molecule has 2 aromatic heterocycles. The van der Waals surface area contributed by atoms with Gasteiger partial charge in [-0.1, -0.05) is 12.0 Å². The SMILES string of the molecule is C#Cc1c(F)ccc2cc(O)cc(-c3nc(OC)c4c(N5CC6CCC(C5)N6C(=O)CCN(C)C)nc(OCC5(CN6CC7CC7C6)CC5)nc4c3F)c12. The van der Waals surface area contributed by atoms with Gasteiger partial charge >= 0.3 is 6.01 Å². The van der Waals surface area contributed by atoms with Crippen molar-refractivity contribution in [3.63, 3.8) is 0 Å². The number of hydrogen-bond acceptors (Lipinski definition) is 10. The number of terminal acetylenes is 1. The number of phenols is 1. The molecule has 2 aromatic carbocycles.